The largest absolute Gasteiger partial charge is 0.452 e. The third-order valence-corrected chi connectivity index (χ3v) is 5.78. The second kappa shape index (κ2) is 9.90. The third kappa shape index (κ3) is 4.83. The van der Waals surface area contributed by atoms with Gasteiger partial charge < -0.3 is 15.0 Å². The zero-order valence-electron chi connectivity index (χ0n) is 18.5. The number of ketones is 2. The van der Waals surface area contributed by atoms with E-state index in [9.17, 15) is 24.0 Å². The van der Waals surface area contributed by atoms with Crippen LogP contribution in [0.1, 0.15) is 42.2 Å². The maximum Gasteiger partial charge on any atom is 0.339 e. The Bertz CT molecular complexity index is 1380. The molecule has 1 N–H and O–H groups in total. The number of halogens is 1. The van der Waals surface area contributed by atoms with E-state index in [2.05, 4.69) is 5.32 Å². The summed E-state index contributed by atoms with van der Waals surface area (Å²) in [6.45, 7) is -0.955. The first-order valence-electron chi connectivity index (χ1n) is 10.5. The first-order valence-corrected chi connectivity index (χ1v) is 10.9. The average molecular weight is 491 g/mol. The van der Waals surface area contributed by atoms with Gasteiger partial charge in [-0.2, -0.15) is 0 Å². The van der Waals surface area contributed by atoms with Crippen LogP contribution in [0.3, 0.4) is 0 Å². The Morgan fingerprint density at radius 2 is 1.49 bits per heavy atom. The summed E-state index contributed by atoms with van der Waals surface area (Å²) in [5, 5.41) is 2.95. The number of esters is 1. The molecule has 176 valence electrons. The van der Waals surface area contributed by atoms with Crippen LogP contribution in [0.25, 0.3) is 0 Å². The standard InChI is InChI=1S/C26H19ClN2O6/c1-29(13-21(30)28-20-12-5-4-11-19(20)27)22(31)14-35-26(34)18-10-6-9-17-23(18)25(33)16-8-3-2-7-15(16)24(17)32/h2-12H,13-14H2,1H3,(H,28,30). The number of amides is 2. The van der Waals surface area contributed by atoms with Gasteiger partial charge in [-0.3, -0.25) is 19.2 Å². The number of likely N-dealkylation sites (N-methyl/N-ethyl adjacent to an activating group) is 1. The van der Waals surface area contributed by atoms with Gasteiger partial charge >= 0.3 is 5.97 Å². The van der Waals surface area contributed by atoms with Crippen molar-refractivity contribution in [1.29, 1.82) is 0 Å². The van der Waals surface area contributed by atoms with E-state index in [1.807, 2.05) is 0 Å². The first kappa shape index (κ1) is 23.8. The van der Waals surface area contributed by atoms with Crippen molar-refractivity contribution in [2.24, 2.45) is 0 Å². The van der Waals surface area contributed by atoms with Crippen LogP contribution in [0.5, 0.6) is 0 Å². The number of anilines is 1. The van der Waals surface area contributed by atoms with Crippen molar-refractivity contribution < 1.29 is 28.7 Å². The number of fused-ring (bicyclic) bond motifs is 2. The van der Waals surface area contributed by atoms with Crippen LogP contribution in [0.2, 0.25) is 5.02 Å². The van der Waals surface area contributed by atoms with Gasteiger partial charge in [0.1, 0.15) is 0 Å². The number of hydrogen-bond acceptors (Lipinski definition) is 6. The van der Waals surface area contributed by atoms with Gasteiger partial charge in [-0.25, -0.2) is 4.79 Å². The summed E-state index contributed by atoms with van der Waals surface area (Å²) >= 11 is 6.01. The molecular weight excluding hydrogens is 472 g/mol. The van der Waals surface area contributed by atoms with Crippen molar-refractivity contribution in [2.75, 3.05) is 25.5 Å². The summed E-state index contributed by atoms with van der Waals surface area (Å²) < 4.78 is 5.12. The summed E-state index contributed by atoms with van der Waals surface area (Å²) in [6, 6.07) is 17.3. The predicted molar refractivity (Wildman–Crippen MR) is 128 cm³/mol. The molecule has 0 bridgehead atoms. The smallest absolute Gasteiger partial charge is 0.339 e. The van der Waals surface area contributed by atoms with Crippen LogP contribution in [0, 0.1) is 0 Å². The lowest BCUT2D eigenvalue weighted by Gasteiger charge is -2.20. The van der Waals surface area contributed by atoms with Crippen LogP contribution in [0.4, 0.5) is 5.69 Å². The Morgan fingerprint density at radius 1 is 0.857 bits per heavy atom. The molecule has 1 aliphatic rings. The van der Waals surface area contributed by atoms with Gasteiger partial charge in [-0.15, -0.1) is 0 Å². The molecule has 8 nitrogen and oxygen atoms in total. The van der Waals surface area contributed by atoms with Gasteiger partial charge in [-0.05, 0) is 18.2 Å². The van der Waals surface area contributed by atoms with Gasteiger partial charge in [0, 0.05) is 29.3 Å². The molecule has 3 aromatic rings. The number of rotatable bonds is 6. The second-order valence-corrected chi connectivity index (χ2v) is 8.19. The van der Waals surface area contributed by atoms with Crippen LogP contribution in [0.15, 0.2) is 66.7 Å². The van der Waals surface area contributed by atoms with Gasteiger partial charge in [-0.1, -0.05) is 60.1 Å². The Hall–Kier alpha value is -4.30. The predicted octanol–water partition coefficient (Wildman–Crippen LogP) is 3.37. The fourth-order valence-electron chi connectivity index (χ4n) is 3.69. The Morgan fingerprint density at radius 3 is 2.20 bits per heavy atom. The topological polar surface area (TPSA) is 110 Å². The quantitative estimate of drug-likeness (QED) is 0.415. The molecule has 0 aliphatic heterocycles. The number of hydrogen-bond donors (Lipinski definition) is 1. The second-order valence-electron chi connectivity index (χ2n) is 7.79. The van der Waals surface area contributed by atoms with E-state index in [-0.39, 0.29) is 40.1 Å². The van der Waals surface area contributed by atoms with Crippen molar-refractivity contribution in [3.8, 4) is 0 Å². The van der Waals surface area contributed by atoms with E-state index in [1.165, 1.54) is 31.3 Å². The first-order chi connectivity index (χ1) is 16.8. The number of benzene rings is 3. The van der Waals surface area contributed by atoms with Crippen LogP contribution >= 0.6 is 11.6 Å². The highest BCUT2D eigenvalue weighted by molar-refractivity contribution is 6.33. The zero-order chi connectivity index (χ0) is 25.1. The molecule has 0 unspecified atom stereocenters. The lowest BCUT2D eigenvalue weighted by atomic mass is 9.82. The molecule has 0 saturated carbocycles. The minimum atomic E-state index is -0.926. The number of carbonyl (C=O) groups is 5. The average Bonchev–Trinajstić information content (AvgIpc) is 2.86. The lowest BCUT2D eigenvalue weighted by molar-refractivity contribution is -0.136. The monoisotopic (exact) mass is 490 g/mol. The fraction of sp³-hybridized carbons (Fsp3) is 0.115. The Labute approximate surface area is 205 Å². The highest BCUT2D eigenvalue weighted by Gasteiger charge is 2.33. The van der Waals surface area contributed by atoms with Gasteiger partial charge in [0.2, 0.25) is 5.91 Å². The van der Waals surface area contributed by atoms with Gasteiger partial charge in [0.15, 0.2) is 18.2 Å². The van der Waals surface area contributed by atoms with E-state index in [0.717, 1.165) is 4.90 Å². The number of nitrogens with one attached hydrogen (secondary N) is 1. The molecule has 4 rings (SSSR count). The zero-order valence-corrected chi connectivity index (χ0v) is 19.3. The minimum absolute atomic E-state index is 0.0545. The third-order valence-electron chi connectivity index (χ3n) is 5.45. The molecule has 0 spiro atoms. The van der Waals surface area contributed by atoms with Crippen LogP contribution in [-0.2, 0) is 14.3 Å². The maximum atomic E-state index is 13.0. The highest BCUT2D eigenvalue weighted by Crippen LogP contribution is 2.29. The lowest BCUT2D eigenvalue weighted by Crippen LogP contribution is -2.37. The summed E-state index contributed by atoms with van der Waals surface area (Å²) in [7, 11) is 1.38. The van der Waals surface area contributed by atoms with Crippen molar-refractivity contribution in [3.63, 3.8) is 0 Å². The molecule has 3 aromatic carbocycles. The Balaban J connectivity index is 1.41. The normalized spacial score (nSPS) is 11.8. The molecule has 0 heterocycles. The molecule has 0 saturated heterocycles. The van der Waals surface area contributed by atoms with Crippen molar-refractivity contribution in [1.82, 2.24) is 4.90 Å². The van der Waals surface area contributed by atoms with E-state index in [4.69, 9.17) is 16.3 Å². The molecule has 0 fully saturated rings. The van der Waals surface area contributed by atoms with E-state index in [1.54, 1.807) is 42.5 Å². The fourth-order valence-corrected chi connectivity index (χ4v) is 3.87. The van der Waals surface area contributed by atoms with Crippen molar-refractivity contribution >= 4 is 46.6 Å². The summed E-state index contributed by atoms with van der Waals surface area (Å²) in [6.07, 6.45) is 0. The summed E-state index contributed by atoms with van der Waals surface area (Å²) in [5.41, 5.74) is 0.806. The van der Waals surface area contributed by atoms with Crippen LogP contribution in [-0.4, -0.2) is 54.4 Å². The van der Waals surface area contributed by atoms with E-state index in [0.29, 0.717) is 10.7 Å². The number of ether oxygens (including phenoxy) is 1. The molecule has 0 atom stereocenters. The molecule has 35 heavy (non-hydrogen) atoms. The minimum Gasteiger partial charge on any atom is -0.452 e. The summed E-state index contributed by atoms with van der Waals surface area (Å²) in [4.78, 5) is 64.4. The highest BCUT2D eigenvalue weighted by atomic mass is 35.5. The van der Waals surface area contributed by atoms with E-state index < -0.39 is 30.2 Å². The van der Waals surface area contributed by atoms with Crippen molar-refractivity contribution in [2.45, 2.75) is 0 Å². The molecule has 0 radical (unpaired) electrons. The Kier molecular flexibility index (Phi) is 6.75. The van der Waals surface area contributed by atoms with Crippen LogP contribution < -0.4 is 5.32 Å². The van der Waals surface area contributed by atoms with Gasteiger partial charge in [0.05, 0.1) is 22.8 Å². The number of carbonyl (C=O) groups excluding carboxylic acids is 5. The van der Waals surface area contributed by atoms with E-state index >= 15 is 0 Å². The molecule has 0 aromatic heterocycles. The summed E-state index contributed by atoms with van der Waals surface area (Å²) in [5.74, 6) is -2.89. The number of para-hydroxylation sites is 1. The van der Waals surface area contributed by atoms with Gasteiger partial charge in [0.25, 0.3) is 5.91 Å². The SMILES string of the molecule is CN(CC(=O)Nc1ccccc1Cl)C(=O)COC(=O)c1cccc2c1C(=O)c1ccccc1C2=O. The maximum absolute atomic E-state index is 13.0. The molecular formula is C26H19ClN2O6. The number of nitrogens with zero attached hydrogens (tertiary/aromatic N) is 1. The molecule has 1 aliphatic carbocycles. The molecule has 2 amide bonds. The van der Waals surface area contributed by atoms with Crippen molar-refractivity contribution in [3.05, 3.63) is 99.6 Å². The molecule has 9 heteroatoms.